The maximum atomic E-state index is 10.3. The third kappa shape index (κ3) is 2.80. The Morgan fingerprint density at radius 1 is 1.38 bits per heavy atom. The molecule has 0 amide bonds. The molecule has 1 aromatic heterocycles. The summed E-state index contributed by atoms with van der Waals surface area (Å²) >= 11 is 0. The third-order valence-corrected chi connectivity index (χ3v) is 2.89. The molecule has 0 aliphatic carbocycles. The second-order valence-electron chi connectivity index (χ2n) is 4.37. The smallest absolute Gasteiger partial charge is 0.229 e. The van der Waals surface area contributed by atoms with Crippen LogP contribution in [0.4, 0.5) is 0 Å². The summed E-state index contributed by atoms with van der Waals surface area (Å²) in [5, 5.41) is 14.1. The number of ether oxygens (including phenoxy) is 1. The standard InChI is InChI=1S/C11H18N2O3/c1-2-3-9-12-10(16-13-9)8-11(14)4-6-15-7-5-11/h14H,2-8H2,1H3. The van der Waals surface area contributed by atoms with Crippen molar-refractivity contribution >= 4 is 0 Å². The molecule has 0 bridgehead atoms. The molecule has 1 saturated heterocycles. The molecule has 0 saturated carbocycles. The molecule has 0 atom stereocenters. The molecule has 16 heavy (non-hydrogen) atoms. The van der Waals surface area contributed by atoms with Crippen molar-refractivity contribution in [2.45, 2.75) is 44.6 Å². The van der Waals surface area contributed by atoms with Gasteiger partial charge in [0.1, 0.15) is 0 Å². The van der Waals surface area contributed by atoms with Crippen molar-refractivity contribution in [2.75, 3.05) is 13.2 Å². The summed E-state index contributed by atoms with van der Waals surface area (Å²) in [5.74, 6) is 1.26. The van der Waals surface area contributed by atoms with E-state index >= 15 is 0 Å². The molecule has 90 valence electrons. The minimum Gasteiger partial charge on any atom is -0.389 e. The second kappa shape index (κ2) is 4.93. The molecule has 1 aromatic rings. The van der Waals surface area contributed by atoms with Gasteiger partial charge in [0.2, 0.25) is 5.89 Å². The van der Waals surface area contributed by atoms with Crippen LogP contribution in [0.2, 0.25) is 0 Å². The van der Waals surface area contributed by atoms with E-state index in [0.717, 1.165) is 18.7 Å². The predicted octanol–water partition coefficient (Wildman–Crippen LogP) is 1.11. The van der Waals surface area contributed by atoms with Gasteiger partial charge in [-0.25, -0.2) is 0 Å². The number of hydrogen-bond donors (Lipinski definition) is 1. The van der Waals surface area contributed by atoms with Gasteiger partial charge in [-0.05, 0) is 6.42 Å². The van der Waals surface area contributed by atoms with Crippen LogP contribution in [-0.2, 0) is 17.6 Å². The zero-order valence-corrected chi connectivity index (χ0v) is 9.61. The van der Waals surface area contributed by atoms with Crippen LogP contribution >= 0.6 is 0 Å². The zero-order valence-electron chi connectivity index (χ0n) is 9.61. The topological polar surface area (TPSA) is 68.4 Å². The van der Waals surface area contributed by atoms with Gasteiger partial charge in [-0.1, -0.05) is 12.1 Å². The first-order valence-electron chi connectivity index (χ1n) is 5.83. The quantitative estimate of drug-likeness (QED) is 0.832. The van der Waals surface area contributed by atoms with Crippen LogP contribution in [0.25, 0.3) is 0 Å². The largest absolute Gasteiger partial charge is 0.389 e. The lowest BCUT2D eigenvalue weighted by molar-refractivity contribution is -0.0660. The summed E-state index contributed by atoms with van der Waals surface area (Å²) in [5.41, 5.74) is -0.728. The van der Waals surface area contributed by atoms with Crippen LogP contribution in [0.5, 0.6) is 0 Å². The van der Waals surface area contributed by atoms with Crippen molar-refractivity contribution in [1.82, 2.24) is 10.1 Å². The van der Waals surface area contributed by atoms with Crippen LogP contribution in [-0.4, -0.2) is 34.1 Å². The Morgan fingerprint density at radius 3 is 2.81 bits per heavy atom. The fourth-order valence-electron chi connectivity index (χ4n) is 1.90. The Kier molecular flexibility index (Phi) is 3.56. The van der Waals surface area contributed by atoms with E-state index in [4.69, 9.17) is 9.26 Å². The second-order valence-corrected chi connectivity index (χ2v) is 4.37. The normalized spacial score (nSPS) is 19.9. The first kappa shape index (κ1) is 11.5. The maximum Gasteiger partial charge on any atom is 0.229 e. The first-order valence-corrected chi connectivity index (χ1v) is 5.83. The van der Waals surface area contributed by atoms with E-state index in [-0.39, 0.29) is 0 Å². The highest BCUT2D eigenvalue weighted by molar-refractivity contribution is 4.94. The van der Waals surface area contributed by atoms with Crippen molar-refractivity contribution in [2.24, 2.45) is 0 Å². The van der Waals surface area contributed by atoms with E-state index < -0.39 is 5.60 Å². The molecule has 0 spiro atoms. The van der Waals surface area contributed by atoms with Crippen molar-refractivity contribution in [1.29, 1.82) is 0 Å². The molecule has 1 aliphatic heterocycles. The lowest BCUT2D eigenvalue weighted by atomic mass is 9.91. The molecule has 1 N–H and O–H groups in total. The summed E-state index contributed by atoms with van der Waals surface area (Å²) in [7, 11) is 0. The van der Waals surface area contributed by atoms with Gasteiger partial charge in [0.15, 0.2) is 5.82 Å². The third-order valence-electron chi connectivity index (χ3n) is 2.89. The Bertz CT molecular complexity index is 332. The first-order chi connectivity index (χ1) is 7.72. The van der Waals surface area contributed by atoms with Gasteiger partial charge in [-0.15, -0.1) is 0 Å². The molecule has 0 radical (unpaired) electrons. The number of aryl methyl sites for hydroxylation is 1. The minimum atomic E-state index is -0.728. The zero-order chi connectivity index (χ0) is 11.4. The van der Waals surface area contributed by atoms with Crippen LogP contribution < -0.4 is 0 Å². The number of rotatable bonds is 4. The van der Waals surface area contributed by atoms with E-state index in [2.05, 4.69) is 17.1 Å². The fraction of sp³-hybridized carbons (Fsp3) is 0.818. The summed E-state index contributed by atoms with van der Waals surface area (Å²) < 4.78 is 10.3. The molecule has 0 unspecified atom stereocenters. The SMILES string of the molecule is CCCc1noc(CC2(O)CCOCC2)n1. The molecule has 1 fully saturated rings. The lowest BCUT2D eigenvalue weighted by Crippen LogP contribution is -2.38. The summed E-state index contributed by atoms with van der Waals surface area (Å²) in [6.07, 6.45) is 3.53. The Balaban J connectivity index is 1.96. The average Bonchev–Trinajstić information content (AvgIpc) is 2.66. The lowest BCUT2D eigenvalue weighted by Gasteiger charge is -2.30. The van der Waals surface area contributed by atoms with E-state index in [1.165, 1.54) is 0 Å². The number of nitrogens with zero attached hydrogens (tertiary/aromatic N) is 2. The Morgan fingerprint density at radius 2 is 2.12 bits per heavy atom. The highest BCUT2D eigenvalue weighted by atomic mass is 16.5. The van der Waals surface area contributed by atoms with Crippen LogP contribution in [0.15, 0.2) is 4.52 Å². The van der Waals surface area contributed by atoms with Crippen LogP contribution in [0.3, 0.4) is 0 Å². The van der Waals surface area contributed by atoms with Gasteiger partial charge in [-0.2, -0.15) is 4.98 Å². The van der Waals surface area contributed by atoms with Crippen molar-refractivity contribution in [3.63, 3.8) is 0 Å². The van der Waals surface area contributed by atoms with E-state index in [1.807, 2.05) is 0 Å². The monoisotopic (exact) mass is 226 g/mol. The average molecular weight is 226 g/mol. The van der Waals surface area contributed by atoms with Gasteiger partial charge < -0.3 is 14.4 Å². The Labute approximate surface area is 94.8 Å². The van der Waals surface area contributed by atoms with Gasteiger partial charge in [-0.3, -0.25) is 0 Å². The van der Waals surface area contributed by atoms with E-state index in [9.17, 15) is 5.11 Å². The molecule has 0 aromatic carbocycles. The van der Waals surface area contributed by atoms with Gasteiger partial charge in [0, 0.05) is 32.5 Å². The van der Waals surface area contributed by atoms with Crippen LogP contribution in [0.1, 0.15) is 37.9 Å². The molecule has 5 nitrogen and oxygen atoms in total. The summed E-state index contributed by atoms with van der Waals surface area (Å²) in [6.45, 7) is 3.28. The van der Waals surface area contributed by atoms with Gasteiger partial charge in [0.05, 0.1) is 12.0 Å². The molecule has 1 aliphatic rings. The van der Waals surface area contributed by atoms with Gasteiger partial charge in [0.25, 0.3) is 0 Å². The predicted molar refractivity (Wildman–Crippen MR) is 57.0 cm³/mol. The molecule has 2 rings (SSSR count). The number of aromatic nitrogens is 2. The molecule has 2 heterocycles. The summed E-state index contributed by atoms with van der Waals surface area (Å²) in [4.78, 5) is 4.26. The highest BCUT2D eigenvalue weighted by Crippen LogP contribution is 2.24. The molecular formula is C11H18N2O3. The van der Waals surface area contributed by atoms with Gasteiger partial charge >= 0.3 is 0 Å². The highest BCUT2D eigenvalue weighted by Gasteiger charge is 2.32. The van der Waals surface area contributed by atoms with Crippen LogP contribution in [0, 0.1) is 0 Å². The van der Waals surface area contributed by atoms with Crippen molar-refractivity contribution in [3.05, 3.63) is 11.7 Å². The minimum absolute atomic E-state index is 0.438. The van der Waals surface area contributed by atoms with Crippen molar-refractivity contribution in [3.8, 4) is 0 Å². The molecular weight excluding hydrogens is 208 g/mol. The van der Waals surface area contributed by atoms with Crippen molar-refractivity contribution < 1.29 is 14.4 Å². The van der Waals surface area contributed by atoms with E-state index in [1.54, 1.807) is 0 Å². The molecule has 5 heteroatoms. The maximum absolute atomic E-state index is 10.3. The number of aliphatic hydroxyl groups is 1. The fourth-order valence-corrected chi connectivity index (χ4v) is 1.90. The number of hydrogen-bond acceptors (Lipinski definition) is 5. The van der Waals surface area contributed by atoms with E-state index in [0.29, 0.717) is 38.4 Å². The summed E-state index contributed by atoms with van der Waals surface area (Å²) in [6, 6.07) is 0. The Hall–Kier alpha value is -0.940.